The molecule has 1 N–H and O–H groups in total. The van der Waals surface area contributed by atoms with Crippen LogP contribution in [0.1, 0.15) is 19.8 Å². The van der Waals surface area contributed by atoms with Crippen molar-refractivity contribution in [1.29, 1.82) is 0 Å². The Hall–Kier alpha value is -1.97. The van der Waals surface area contributed by atoms with Crippen molar-refractivity contribution in [3.8, 4) is 0 Å². The van der Waals surface area contributed by atoms with Crippen molar-refractivity contribution in [1.82, 2.24) is 9.21 Å². The zero-order valence-corrected chi connectivity index (χ0v) is 16.1. The maximum absolute atomic E-state index is 12.6. The number of benzene rings is 1. The quantitative estimate of drug-likeness (QED) is 0.787. The Bertz CT molecular complexity index is 740. The zero-order valence-electron chi connectivity index (χ0n) is 15.3. The molecule has 144 valence electrons. The number of hydrogen-bond acceptors (Lipinski definition) is 5. The van der Waals surface area contributed by atoms with E-state index in [1.807, 2.05) is 0 Å². The first-order valence-corrected chi connectivity index (χ1v) is 9.82. The summed E-state index contributed by atoms with van der Waals surface area (Å²) in [6.07, 6.45) is 1.66. The van der Waals surface area contributed by atoms with Crippen molar-refractivity contribution < 1.29 is 22.7 Å². The molecule has 0 atom stereocenters. The van der Waals surface area contributed by atoms with Crippen LogP contribution in [0.4, 0.5) is 5.69 Å². The van der Waals surface area contributed by atoms with Gasteiger partial charge in [0, 0.05) is 39.9 Å². The largest absolute Gasteiger partial charge is 0.381 e. The Balaban J connectivity index is 2.00. The molecule has 0 aliphatic carbocycles. The fourth-order valence-electron chi connectivity index (χ4n) is 2.81. The van der Waals surface area contributed by atoms with Crippen molar-refractivity contribution in [3.05, 3.63) is 24.3 Å². The van der Waals surface area contributed by atoms with Gasteiger partial charge in [0.25, 0.3) is 0 Å². The molecule has 1 fully saturated rings. The average Bonchev–Trinajstić information content (AvgIpc) is 2.61. The average molecular weight is 383 g/mol. The minimum atomic E-state index is -3.78. The Morgan fingerprint density at radius 1 is 1.23 bits per heavy atom. The highest BCUT2D eigenvalue weighted by atomic mass is 32.2. The number of amides is 2. The maximum Gasteiger partial charge on any atom is 0.243 e. The van der Waals surface area contributed by atoms with E-state index < -0.39 is 10.0 Å². The molecule has 2 rings (SSSR count). The van der Waals surface area contributed by atoms with E-state index in [2.05, 4.69) is 5.32 Å². The summed E-state index contributed by atoms with van der Waals surface area (Å²) >= 11 is 0. The second kappa shape index (κ2) is 8.61. The molecule has 1 heterocycles. The van der Waals surface area contributed by atoms with E-state index in [0.717, 1.165) is 17.1 Å². The predicted molar refractivity (Wildman–Crippen MR) is 97.2 cm³/mol. The summed E-state index contributed by atoms with van der Waals surface area (Å²) in [7, 11) is -0.747. The molecule has 9 heteroatoms. The van der Waals surface area contributed by atoms with Crippen molar-refractivity contribution in [2.45, 2.75) is 30.8 Å². The molecule has 2 amide bonds. The Labute approximate surface area is 154 Å². The first kappa shape index (κ1) is 20.3. The summed E-state index contributed by atoms with van der Waals surface area (Å²) in [5.41, 5.74) is 0.510. The molecular formula is C17H25N3O5S. The lowest BCUT2D eigenvalue weighted by atomic mass is 10.1. The van der Waals surface area contributed by atoms with Gasteiger partial charge in [0.1, 0.15) is 0 Å². The molecule has 0 spiro atoms. The molecular weight excluding hydrogens is 358 g/mol. The molecule has 1 aromatic carbocycles. The van der Waals surface area contributed by atoms with E-state index in [9.17, 15) is 18.0 Å². The molecule has 26 heavy (non-hydrogen) atoms. The Kier molecular flexibility index (Phi) is 6.74. The highest BCUT2D eigenvalue weighted by Gasteiger charge is 2.27. The van der Waals surface area contributed by atoms with Gasteiger partial charge < -0.3 is 15.0 Å². The van der Waals surface area contributed by atoms with Gasteiger partial charge in [0.2, 0.25) is 21.8 Å². The zero-order chi connectivity index (χ0) is 19.3. The number of piperidine rings is 1. The minimum absolute atomic E-state index is 0.0694. The van der Waals surface area contributed by atoms with Crippen LogP contribution in [0.15, 0.2) is 29.2 Å². The van der Waals surface area contributed by atoms with E-state index in [4.69, 9.17) is 4.74 Å². The minimum Gasteiger partial charge on any atom is -0.381 e. The summed E-state index contributed by atoms with van der Waals surface area (Å²) in [4.78, 5) is 25.2. The first-order chi connectivity index (χ1) is 12.2. The molecule has 0 unspecified atom stereocenters. The van der Waals surface area contributed by atoms with Crippen molar-refractivity contribution in [2.75, 3.05) is 39.1 Å². The Morgan fingerprint density at radius 3 is 2.31 bits per heavy atom. The summed E-state index contributed by atoms with van der Waals surface area (Å²) < 4.78 is 31.6. The predicted octanol–water partition coefficient (Wildman–Crippen LogP) is 0.903. The molecule has 0 bridgehead atoms. The van der Waals surface area contributed by atoms with E-state index in [0.29, 0.717) is 18.8 Å². The summed E-state index contributed by atoms with van der Waals surface area (Å²) in [5, 5.41) is 2.58. The van der Waals surface area contributed by atoms with Gasteiger partial charge in [-0.15, -0.1) is 0 Å². The lowest BCUT2D eigenvalue weighted by Gasteiger charge is -2.32. The van der Waals surface area contributed by atoms with E-state index in [1.54, 1.807) is 12.0 Å². The van der Waals surface area contributed by atoms with Crippen LogP contribution >= 0.6 is 0 Å². The van der Waals surface area contributed by atoms with E-state index >= 15 is 0 Å². The molecule has 8 nitrogen and oxygen atoms in total. The third-order valence-electron chi connectivity index (χ3n) is 4.37. The lowest BCUT2D eigenvalue weighted by Crippen LogP contribution is -2.45. The topological polar surface area (TPSA) is 96.0 Å². The van der Waals surface area contributed by atoms with Crippen LogP contribution < -0.4 is 5.32 Å². The maximum atomic E-state index is 12.6. The van der Waals surface area contributed by atoms with Gasteiger partial charge in [0.05, 0.1) is 17.5 Å². The summed E-state index contributed by atoms with van der Waals surface area (Å²) in [5.74, 6) is -0.457. The van der Waals surface area contributed by atoms with Crippen LogP contribution in [0, 0.1) is 0 Å². The molecule has 1 aromatic rings. The van der Waals surface area contributed by atoms with Crippen molar-refractivity contribution in [3.63, 3.8) is 0 Å². The van der Waals surface area contributed by atoms with Crippen molar-refractivity contribution >= 4 is 27.5 Å². The van der Waals surface area contributed by atoms with Gasteiger partial charge in [-0.2, -0.15) is 4.31 Å². The number of anilines is 1. The van der Waals surface area contributed by atoms with Gasteiger partial charge >= 0.3 is 0 Å². The smallest absolute Gasteiger partial charge is 0.243 e. The number of nitrogens with one attached hydrogen (secondary N) is 1. The van der Waals surface area contributed by atoms with Crippen LogP contribution in [0.2, 0.25) is 0 Å². The van der Waals surface area contributed by atoms with Crippen LogP contribution in [0.3, 0.4) is 0 Å². The fourth-order valence-corrected chi connectivity index (χ4v) is 3.93. The normalized spacial score (nSPS) is 15.9. The number of sulfonamides is 1. The second-order valence-electron chi connectivity index (χ2n) is 6.28. The molecule has 1 saturated heterocycles. The standard InChI is InChI=1S/C17H25N3O5S/c1-13(21)18-14-4-6-16(7-5-14)26(23,24)19(2)12-17(22)20-10-8-15(25-3)9-11-20/h4-7,15H,8-12H2,1-3H3,(H,18,21). The summed E-state index contributed by atoms with van der Waals surface area (Å²) in [6, 6.07) is 5.84. The number of likely N-dealkylation sites (tertiary alicyclic amines) is 1. The molecule has 1 aliphatic rings. The van der Waals surface area contributed by atoms with Gasteiger partial charge in [-0.25, -0.2) is 8.42 Å². The van der Waals surface area contributed by atoms with Gasteiger partial charge in [0.15, 0.2) is 0 Å². The SMILES string of the molecule is COC1CCN(C(=O)CN(C)S(=O)(=O)c2ccc(NC(C)=O)cc2)CC1. The molecule has 0 aromatic heterocycles. The van der Waals surface area contributed by atoms with Crippen LogP contribution in [0.5, 0.6) is 0 Å². The molecule has 1 aliphatic heterocycles. The number of hydrogen-bond donors (Lipinski definition) is 1. The molecule has 0 saturated carbocycles. The second-order valence-corrected chi connectivity index (χ2v) is 8.33. The Morgan fingerprint density at radius 2 is 1.81 bits per heavy atom. The van der Waals surface area contributed by atoms with Crippen molar-refractivity contribution in [2.24, 2.45) is 0 Å². The third-order valence-corrected chi connectivity index (χ3v) is 6.19. The third kappa shape index (κ3) is 5.03. The molecule has 0 radical (unpaired) electrons. The van der Waals surface area contributed by atoms with Crippen LogP contribution in [-0.4, -0.2) is 69.3 Å². The number of rotatable bonds is 6. The van der Waals surface area contributed by atoms with E-state index in [1.165, 1.54) is 38.2 Å². The van der Waals surface area contributed by atoms with Crippen LogP contribution in [-0.2, 0) is 24.3 Å². The number of nitrogens with zero attached hydrogens (tertiary/aromatic N) is 2. The lowest BCUT2D eigenvalue weighted by molar-refractivity contribution is -0.133. The van der Waals surface area contributed by atoms with Crippen LogP contribution in [0.25, 0.3) is 0 Å². The summed E-state index contributed by atoms with van der Waals surface area (Å²) in [6.45, 7) is 2.29. The number of ether oxygens (including phenoxy) is 1. The van der Waals surface area contributed by atoms with Gasteiger partial charge in [-0.05, 0) is 37.1 Å². The number of carbonyl (C=O) groups is 2. The number of likely N-dealkylation sites (N-methyl/N-ethyl adjacent to an activating group) is 1. The number of carbonyl (C=O) groups excluding carboxylic acids is 2. The highest BCUT2D eigenvalue weighted by Crippen LogP contribution is 2.18. The van der Waals surface area contributed by atoms with Gasteiger partial charge in [-0.1, -0.05) is 0 Å². The van der Waals surface area contributed by atoms with E-state index in [-0.39, 0.29) is 29.4 Å². The monoisotopic (exact) mass is 383 g/mol. The fraction of sp³-hybridized carbons (Fsp3) is 0.529. The first-order valence-electron chi connectivity index (χ1n) is 8.38. The van der Waals surface area contributed by atoms with Gasteiger partial charge in [-0.3, -0.25) is 9.59 Å². The number of methoxy groups -OCH3 is 1. The highest BCUT2D eigenvalue weighted by molar-refractivity contribution is 7.89.